The van der Waals surface area contributed by atoms with Crippen molar-refractivity contribution >= 4 is 23.4 Å². The predicted molar refractivity (Wildman–Crippen MR) is 74.9 cm³/mol. The van der Waals surface area contributed by atoms with E-state index in [2.05, 4.69) is 19.2 Å². The zero-order chi connectivity index (χ0) is 14.0. The Kier molecular flexibility index (Phi) is 4.25. The van der Waals surface area contributed by atoms with Gasteiger partial charge in [0.15, 0.2) is 0 Å². The van der Waals surface area contributed by atoms with Crippen LogP contribution in [-0.4, -0.2) is 11.8 Å². The van der Waals surface area contributed by atoms with Crippen molar-refractivity contribution in [2.45, 2.75) is 32.6 Å². The van der Waals surface area contributed by atoms with Crippen molar-refractivity contribution in [3.8, 4) is 0 Å². The van der Waals surface area contributed by atoms with Gasteiger partial charge in [0, 0.05) is 23.3 Å². The van der Waals surface area contributed by atoms with Crippen molar-refractivity contribution in [2.24, 2.45) is 11.8 Å². The van der Waals surface area contributed by atoms with Crippen LogP contribution < -0.4 is 5.32 Å². The van der Waals surface area contributed by atoms with Crippen LogP contribution in [0.3, 0.4) is 0 Å². The molecule has 1 aromatic carbocycles. The number of piperidine rings is 1. The van der Waals surface area contributed by atoms with E-state index in [9.17, 15) is 9.59 Å². The van der Waals surface area contributed by atoms with Crippen molar-refractivity contribution in [3.05, 3.63) is 34.9 Å². The van der Waals surface area contributed by atoms with Crippen LogP contribution in [-0.2, 0) is 9.59 Å². The molecule has 19 heavy (non-hydrogen) atoms. The van der Waals surface area contributed by atoms with E-state index < -0.39 is 0 Å². The lowest BCUT2D eigenvalue weighted by Gasteiger charge is -2.32. The molecule has 1 fully saturated rings. The molecule has 0 aliphatic carbocycles. The van der Waals surface area contributed by atoms with Gasteiger partial charge in [-0.15, -0.1) is 0 Å². The van der Waals surface area contributed by atoms with Gasteiger partial charge in [-0.25, -0.2) is 0 Å². The molecule has 102 valence electrons. The molecule has 3 nitrogen and oxygen atoms in total. The summed E-state index contributed by atoms with van der Waals surface area (Å²) in [6.07, 6.45) is 1.09. The van der Waals surface area contributed by atoms with Crippen LogP contribution in [0, 0.1) is 11.8 Å². The Morgan fingerprint density at radius 2 is 2.00 bits per heavy atom. The van der Waals surface area contributed by atoms with Crippen molar-refractivity contribution < 1.29 is 9.59 Å². The largest absolute Gasteiger partial charge is 0.296 e. The molecule has 0 radical (unpaired) electrons. The van der Waals surface area contributed by atoms with E-state index in [1.54, 1.807) is 6.07 Å². The molecule has 1 heterocycles. The summed E-state index contributed by atoms with van der Waals surface area (Å²) in [4.78, 5) is 23.7. The number of hydrogen-bond donors (Lipinski definition) is 1. The molecule has 1 aromatic rings. The lowest BCUT2D eigenvalue weighted by Crippen LogP contribution is -2.45. The number of benzene rings is 1. The maximum atomic E-state index is 12.1. The number of imide groups is 1. The van der Waals surface area contributed by atoms with E-state index in [-0.39, 0.29) is 23.7 Å². The first-order valence-corrected chi connectivity index (χ1v) is 6.95. The molecule has 0 spiro atoms. The Balaban J connectivity index is 2.35. The minimum Gasteiger partial charge on any atom is -0.296 e. The zero-order valence-corrected chi connectivity index (χ0v) is 11.9. The molecule has 4 heteroatoms. The van der Waals surface area contributed by atoms with Crippen LogP contribution in [0.15, 0.2) is 24.3 Å². The fourth-order valence-electron chi connectivity index (χ4n) is 2.69. The molecule has 0 bridgehead atoms. The summed E-state index contributed by atoms with van der Waals surface area (Å²) in [6, 6.07) is 7.46. The monoisotopic (exact) mass is 279 g/mol. The highest BCUT2D eigenvalue weighted by Crippen LogP contribution is 2.38. The number of halogens is 1. The topological polar surface area (TPSA) is 46.2 Å². The van der Waals surface area contributed by atoms with Gasteiger partial charge < -0.3 is 0 Å². The highest BCUT2D eigenvalue weighted by Gasteiger charge is 2.37. The van der Waals surface area contributed by atoms with Gasteiger partial charge in [-0.05, 0) is 24.0 Å². The van der Waals surface area contributed by atoms with Gasteiger partial charge in [0.05, 0.1) is 0 Å². The molecule has 0 aromatic heterocycles. The number of hydrogen-bond acceptors (Lipinski definition) is 2. The summed E-state index contributed by atoms with van der Waals surface area (Å²) >= 11 is 6.21. The Labute approximate surface area is 118 Å². The van der Waals surface area contributed by atoms with Crippen LogP contribution in [0.5, 0.6) is 0 Å². The Morgan fingerprint density at radius 3 is 2.63 bits per heavy atom. The van der Waals surface area contributed by atoms with Gasteiger partial charge in [-0.3, -0.25) is 14.9 Å². The molecule has 2 atom stereocenters. The van der Waals surface area contributed by atoms with Crippen molar-refractivity contribution in [2.75, 3.05) is 0 Å². The van der Waals surface area contributed by atoms with E-state index >= 15 is 0 Å². The molecule has 2 rings (SSSR count). The van der Waals surface area contributed by atoms with Gasteiger partial charge in [0.25, 0.3) is 0 Å². The highest BCUT2D eigenvalue weighted by molar-refractivity contribution is 6.31. The first kappa shape index (κ1) is 14.1. The number of carbonyl (C=O) groups is 2. The molecule has 1 aliphatic rings. The second kappa shape index (κ2) is 5.74. The van der Waals surface area contributed by atoms with Crippen LogP contribution >= 0.6 is 11.6 Å². The molecule has 1 aliphatic heterocycles. The van der Waals surface area contributed by atoms with Crippen LogP contribution in [0.25, 0.3) is 0 Å². The quantitative estimate of drug-likeness (QED) is 0.864. The minimum absolute atomic E-state index is 0.114. The lowest BCUT2D eigenvalue weighted by atomic mass is 9.76. The van der Waals surface area contributed by atoms with Crippen molar-refractivity contribution in [1.29, 1.82) is 0 Å². The van der Waals surface area contributed by atoms with E-state index in [0.29, 0.717) is 17.4 Å². The Bertz CT molecular complexity index is 499. The third kappa shape index (κ3) is 3.16. The van der Waals surface area contributed by atoms with E-state index in [0.717, 1.165) is 12.0 Å². The average Bonchev–Trinajstić information content (AvgIpc) is 2.33. The van der Waals surface area contributed by atoms with Gasteiger partial charge in [0.2, 0.25) is 11.8 Å². The summed E-state index contributed by atoms with van der Waals surface area (Å²) in [6.45, 7) is 4.15. The van der Waals surface area contributed by atoms with Crippen LogP contribution in [0.4, 0.5) is 0 Å². The summed E-state index contributed by atoms with van der Waals surface area (Å²) in [7, 11) is 0. The summed E-state index contributed by atoms with van der Waals surface area (Å²) in [5.74, 6) is -0.284. The first-order valence-electron chi connectivity index (χ1n) is 6.57. The lowest BCUT2D eigenvalue weighted by molar-refractivity contribution is -0.137. The molecule has 2 unspecified atom stereocenters. The van der Waals surface area contributed by atoms with E-state index in [4.69, 9.17) is 11.6 Å². The first-order chi connectivity index (χ1) is 8.99. The van der Waals surface area contributed by atoms with Crippen molar-refractivity contribution in [1.82, 2.24) is 5.32 Å². The molecule has 0 saturated carbocycles. The molecule has 1 saturated heterocycles. The number of nitrogens with one attached hydrogen (secondary N) is 1. The maximum Gasteiger partial charge on any atom is 0.230 e. The fraction of sp³-hybridized carbons (Fsp3) is 0.467. The van der Waals surface area contributed by atoms with Gasteiger partial charge in [-0.2, -0.15) is 0 Å². The fourth-order valence-corrected chi connectivity index (χ4v) is 2.96. The summed E-state index contributed by atoms with van der Waals surface area (Å²) in [5, 5.41) is 3.06. The average molecular weight is 280 g/mol. The maximum absolute atomic E-state index is 12.1. The SMILES string of the molecule is CC(C)CC1C(=O)NC(=O)CC1c1ccccc1Cl. The second-order valence-electron chi connectivity index (χ2n) is 5.48. The molecule has 2 amide bonds. The summed E-state index contributed by atoms with van der Waals surface area (Å²) < 4.78 is 0. The van der Waals surface area contributed by atoms with Gasteiger partial charge in [0.1, 0.15) is 0 Å². The number of carbonyl (C=O) groups excluding carboxylic acids is 2. The minimum atomic E-state index is -0.213. The standard InChI is InChI=1S/C15H18ClNO2/c1-9(2)7-12-11(8-14(18)17-15(12)19)10-5-3-4-6-13(10)16/h3-6,9,11-12H,7-8H2,1-2H3,(H,17,18,19). The van der Waals surface area contributed by atoms with Gasteiger partial charge in [-0.1, -0.05) is 43.6 Å². The molecular weight excluding hydrogens is 262 g/mol. The third-order valence-corrected chi connectivity index (χ3v) is 3.86. The van der Waals surface area contributed by atoms with E-state index in [1.165, 1.54) is 0 Å². The summed E-state index contributed by atoms with van der Waals surface area (Å²) in [5.41, 5.74) is 0.901. The molecule has 1 N–H and O–H groups in total. The van der Waals surface area contributed by atoms with Crippen LogP contribution in [0.1, 0.15) is 38.2 Å². The number of amides is 2. The zero-order valence-electron chi connectivity index (χ0n) is 11.2. The number of rotatable bonds is 3. The third-order valence-electron chi connectivity index (χ3n) is 3.52. The normalized spacial score (nSPS) is 23.6. The van der Waals surface area contributed by atoms with Gasteiger partial charge >= 0.3 is 0 Å². The molecular formula is C15H18ClNO2. The van der Waals surface area contributed by atoms with Crippen molar-refractivity contribution in [3.63, 3.8) is 0 Å². The second-order valence-corrected chi connectivity index (χ2v) is 5.89. The Morgan fingerprint density at radius 1 is 1.32 bits per heavy atom. The smallest absolute Gasteiger partial charge is 0.230 e. The Hall–Kier alpha value is -1.35. The highest BCUT2D eigenvalue weighted by atomic mass is 35.5. The van der Waals surface area contributed by atoms with E-state index in [1.807, 2.05) is 18.2 Å². The van der Waals surface area contributed by atoms with Crippen LogP contribution in [0.2, 0.25) is 5.02 Å². The predicted octanol–water partition coefficient (Wildman–Crippen LogP) is 3.13.